The van der Waals surface area contributed by atoms with Crippen LogP contribution in [0.5, 0.6) is 0 Å². The topological polar surface area (TPSA) is 68.4 Å². The van der Waals surface area contributed by atoms with Crippen molar-refractivity contribution in [3.05, 3.63) is 35.2 Å². The highest BCUT2D eigenvalue weighted by molar-refractivity contribution is 7.98. The summed E-state index contributed by atoms with van der Waals surface area (Å²) in [5.41, 5.74) is 0.637. The second kappa shape index (κ2) is 6.36. The standard InChI is InChI=1S/C14H15ClN2O3S/c15-11-4-2-1-3-10(11)13-17-16-12(20-13)5-21-9-14(6-18)7-19-8-14/h1-4,18H,5-9H2. The predicted octanol–water partition coefficient (Wildman–Crippen LogP) is 2.63. The van der Waals surface area contributed by atoms with E-state index >= 15 is 0 Å². The highest BCUT2D eigenvalue weighted by Gasteiger charge is 2.37. The fourth-order valence-electron chi connectivity index (χ4n) is 2.02. The molecule has 5 nitrogen and oxygen atoms in total. The molecule has 2 heterocycles. The van der Waals surface area contributed by atoms with Crippen molar-refractivity contribution in [1.82, 2.24) is 10.2 Å². The van der Waals surface area contributed by atoms with Gasteiger partial charge in [-0.2, -0.15) is 11.8 Å². The summed E-state index contributed by atoms with van der Waals surface area (Å²) in [6.45, 7) is 1.38. The number of halogens is 1. The van der Waals surface area contributed by atoms with Crippen molar-refractivity contribution < 1.29 is 14.3 Å². The lowest BCUT2D eigenvalue weighted by Gasteiger charge is -2.39. The zero-order valence-electron chi connectivity index (χ0n) is 11.3. The van der Waals surface area contributed by atoms with Crippen molar-refractivity contribution >= 4 is 23.4 Å². The van der Waals surface area contributed by atoms with Gasteiger partial charge in [0.05, 0.1) is 36.2 Å². The second-order valence-electron chi connectivity index (χ2n) is 5.12. The molecule has 1 saturated heterocycles. The van der Waals surface area contributed by atoms with E-state index in [2.05, 4.69) is 10.2 Å². The molecule has 0 bridgehead atoms. The summed E-state index contributed by atoms with van der Waals surface area (Å²) in [4.78, 5) is 0. The third-order valence-electron chi connectivity index (χ3n) is 3.36. The Morgan fingerprint density at radius 1 is 1.29 bits per heavy atom. The van der Waals surface area contributed by atoms with Gasteiger partial charge in [-0.1, -0.05) is 23.7 Å². The molecule has 7 heteroatoms. The summed E-state index contributed by atoms with van der Waals surface area (Å²) >= 11 is 7.76. The van der Waals surface area contributed by atoms with Gasteiger partial charge in [-0.25, -0.2) is 0 Å². The number of aliphatic hydroxyl groups excluding tert-OH is 1. The largest absolute Gasteiger partial charge is 0.420 e. The molecule has 0 amide bonds. The molecule has 0 aliphatic carbocycles. The number of aliphatic hydroxyl groups is 1. The molecule has 1 aromatic carbocycles. The molecule has 0 unspecified atom stereocenters. The third kappa shape index (κ3) is 3.23. The van der Waals surface area contributed by atoms with E-state index in [1.807, 2.05) is 18.2 Å². The van der Waals surface area contributed by atoms with Crippen LogP contribution in [0.1, 0.15) is 5.89 Å². The van der Waals surface area contributed by atoms with Gasteiger partial charge in [0.1, 0.15) is 0 Å². The number of hydrogen-bond donors (Lipinski definition) is 1. The van der Waals surface area contributed by atoms with Crippen LogP contribution in [0.2, 0.25) is 5.02 Å². The lowest BCUT2D eigenvalue weighted by molar-refractivity contribution is -0.121. The molecule has 2 aromatic rings. The first-order valence-corrected chi connectivity index (χ1v) is 8.09. The Labute approximate surface area is 131 Å². The molecule has 1 aliphatic heterocycles. The van der Waals surface area contributed by atoms with Gasteiger partial charge in [-0.15, -0.1) is 10.2 Å². The van der Waals surface area contributed by atoms with Crippen LogP contribution in [0.15, 0.2) is 28.7 Å². The molecule has 0 radical (unpaired) electrons. The van der Waals surface area contributed by atoms with Gasteiger partial charge >= 0.3 is 0 Å². The van der Waals surface area contributed by atoms with Crippen molar-refractivity contribution in [2.24, 2.45) is 5.41 Å². The minimum Gasteiger partial charge on any atom is -0.420 e. The van der Waals surface area contributed by atoms with Gasteiger partial charge in [-0.3, -0.25) is 0 Å². The highest BCUT2D eigenvalue weighted by Crippen LogP contribution is 2.32. The predicted molar refractivity (Wildman–Crippen MR) is 81.2 cm³/mol. The van der Waals surface area contributed by atoms with Gasteiger partial charge in [0.25, 0.3) is 0 Å². The van der Waals surface area contributed by atoms with Gasteiger partial charge < -0.3 is 14.3 Å². The van der Waals surface area contributed by atoms with Crippen molar-refractivity contribution in [3.63, 3.8) is 0 Å². The Kier molecular flexibility index (Phi) is 4.49. The number of thioether (sulfide) groups is 1. The van der Waals surface area contributed by atoms with E-state index in [-0.39, 0.29) is 12.0 Å². The molecule has 3 rings (SSSR count). The van der Waals surface area contributed by atoms with E-state index in [1.165, 1.54) is 0 Å². The zero-order valence-corrected chi connectivity index (χ0v) is 12.9. The van der Waals surface area contributed by atoms with Crippen molar-refractivity contribution in [1.29, 1.82) is 0 Å². The summed E-state index contributed by atoms with van der Waals surface area (Å²) in [6.07, 6.45) is 0. The fourth-order valence-corrected chi connectivity index (χ4v) is 3.32. The summed E-state index contributed by atoms with van der Waals surface area (Å²) in [6, 6.07) is 7.37. The lowest BCUT2D eigenvalue weighted by Crippen LogP contribution is -2.47. The lowest BCUT2D eigenvalue weighted by atomic mass is 9.90. The smallest absolute Gasteiger partial charge is 0.249 e. The first-order chi connectivity index (χ1) is 10.2. The maximum Gasteiger partial charge on any atom is 0.249 e. The second-order valence-corrected chi connectivity index (χ2v) is 6.52. The van der Waals surface area contributed by atoms with Crippen LogP contribution in [0.25, 0.3) is 11.5 Å². The maximum absolute atomic E-state index is 9.36. The summed E-state index contributed by atoms with van der Waals surface area (Å²) in [7, 11) is 0. The van der Waals surface area contributed by atoms with Crippen LogP contribution >= 0.6 is 23.4 Å². The van der Waals surface area contributed by atoms with E-state index in [9.17, 15) is 5.11 Å². The Hall–Kier alpha value is -1.08. The van der Waals surface area contributed by atoms with Crippen molar-refractivity contribution in [2.45, 2.75) is 5.75 Å². The Balaban J connectivity index is 1.59. The van der Waals surface area contributed by atoms with Crippen molar-refractivity contribution in [2.75, 3.05) is 25.6 Å². The van der Waals surface area contributed by atoms with Crippen LogP contribution in [-0.4, -0.2) is 40.9 Å². The summed E-state index contributed by atoms with van der Waals surface area (Å²) < 4.78 is 10.8. The molecule has 112 valence electrons. The molecule has 1 fully saturated rings. The van der Waals surface area contributed by atoms with E-state index in [0.717, 1.165) is 11.3 Å². The van der Waals surface area contributed by atoms with Crippen LogP contribution in [0.3, 0.4) is 0 Å². The first-order valence-electron chi connectivity index (χ1n) is 6.56. The first kappa shape index (κ1) is 14.8. The van der Waals surface area contributed by atoms with E-state index in [1.54, 1.807) is 17.8 Å². The van der Waals surface area contributed by atoms with Crippen LogP contribution in [0.4, 0.5) is 0 Å². The summed E-state index contributed by atoms with van der Waals surface area (Å²) in [5, 5.41) is 18.0. The number of aromatic nitrogens is 2. The van der Waals surface area contributed by atoms with E-state index in [4.69, 9.17) is 20.8 Å². The minimum absolute atomic E-state index is 0.101. The Morgan fingerprint density at radius 3 is 2.76 bits per heavy atom. The molecule has 0 atom stereocenters. The third-order valence-corrected chi connectivity index (χ3v) is 4.95. The molecule has 1 aliphatic rings. The molecule has 0 saturated carbocycles. The minimum atomic E-state index is -0.101. The van der Waals surface area contributed by atoms with Gasteiger partial charge in [0.2, 0.25) is 11.8 Å². The van der Waals surface area contributed by atoms with Crippen LogP contribution in [0, 0.1) is 5.41 Å². The normalized spacial score (nSPS) is 16.7. The number of hydrogen-bond acceptors (Lipinski definition) is 6. The van der Waals surface area contributed by atoms with E-state index < -0.39 is 0 Å². The molecular weight excluding hydrogens is 312 g/mol. The van der Waals surface area contributed by atoms with Gasteiger partial charge in [-0.05, 0) is 12.1 Å². The zero-order chi connectivity index (χ0) is 14.7. The Bertz CT molecular complexity index is 610. The highest BCUT2D eigenvalue weighted by atomic mass is 35.5. The SMILES string of the molecule is OCC1(CSCc2nnc(-c3ccccc3Cl)o2)COC1. The molecule has 1 aromatic heterocycles. The molecule has 21 heavy (non-hydrogen) atoms. The van der Waals surface area contributed by atoms with Crippen molar-refractivity contribution in [3.8, 4) is 11.5 Å². The van der Waals surface area contributed by atoms with Crippen LogP contribution in [-0.2, 0) is 10.5 Å². The summed E-state index contributed by atoms with van der Waals surface area (Å²) in [5.74, 6) is 2.41. The quantitative estimate of drug-likeness (QED) is 0.880. The molecule has 0 spiro atoms. The fraction of sp³-hybridized carbons (Fsp3) is 0.429. The maximum atomic E-state index is 9.36. The molecular formula is C14H15ClN2O3S. The van der Waals surface area contributed by atoms with Gasteiger partial charge in [0, 0.05) is 11.2 Å². The number of benzene rings is 1. The number of rotatable bonds is 6. The monoisotopic (exact) mass is 326 g/mol. The van der Waals surface area contributed by atoms with E-state index in [0.29, 0.717) is 35.8 Å². The van der Waals surface area contributed by atoms with Gasteiger partial charge in [0.15, 0.2) is 0 Å². The Morgan fingerprint density at radius 2 is 2.10 bits per heavy atom. The number of ether oxygens (including phenoxy) is 1. The average Bonchev–Trinajstić information content (AvgIpc) is 2.91. The van der Waals surface area contributed by atoms with Crippen LogP contribution < -0.4 is 0 Å². The molecule has 1 N–H and O–H groups in total. The average molecular weight is 327 g/mol. The number of nitrogens with zero attached hydrogens (tertiary/aromatic N) is 2.